The minimum atomic E-state index is 0.604. The molecule has 0 N–H and O–H groups in total. The van der Waals surface area contributed by atoms with Crippen molar-refractivity contribution in [2.75, 3.05) is 18.0 Å². The molecular formula is C17H30ClN3. The lowest BCUT2D eigenvalue weighted by molar-refractivity contribution is 0.315. The zero-order chi connectivity index (χ0) is 15.7. The molecule has 0 radical (unpaired) electrons. The number of hydrogen-bond donors (Lipinski definition) is 0. The molecule has 120 valence electrons. The van der Waals surface area contributed by atoms with Gasteiger partial charge in [-0.2, -0.15) is 0 Å². The molecule has 21 heavy (non-hydrogen) atoms. The predicted molar refractivity (Wildman–Crippen MR) is 92.0 cm³/mol. The Balaban J connectivity index is 0.00000106. The summed E-state index contributed by atoms with van der Waals surface area (Å²) < 4.78 is 0. The van der Waals surface area contributed by atoms with Crippen molar-refractivity contribution in [1.82, 2.24) is 9.97 Å². The van der Waals surface area contributed by atoms with Gasteiger partial charge in [0, 0.05) is 13.1 Å². The Hall–Kier alpha value is -0.830. The van der Waals surface area contributed by atoms with Crippen molar-refractivity contribution in [3.05, 3.63) is 17.4 Å². The zero-order valence-electron chi connectivity index (χ0n) is 14.0. The van der Waals surface area contributed by atoms with Crippen LogP contribution in [0.2, 0.25) is 5.02 Å². The van der Waals surface area contributed by atoms with Crippen molar-refractivity contribution in [1.29, 1.82) is 0 Å². The molecule has 1 saturated heterocycles. The molecule has 0 spiro atoms. The molecule has 1 aromatic rings. The van der Waals surface area contributed by atoms with Crippen molar-refractivity contribution < 1.29 is 0 Å². The lowest BCUT2D eigenvalue weighted by Gasteiger charge is -2.33. The molecule has 0 unspecified atom stereocenters. The van der Waals surface area contributed by atoms with E-state index in [0.717, 1.165) is 30.9 Å². The average Bonchev–Trinajstić information content (AvgIpc) is 2.51. The van der Waals surface area contributed by atoms with Crippen LogP contribution in [0.1, 0.15) is 59.8 Å². The number of rotatable bonds is 5. The third kappa shape index (κ3) is 6.21. The highest BCUT2D eigenvalue weighted by molar-refractivity contribution is 6.30. The van der Waals surface area contributed by atoms with Crippen molar-refractivity contribution in [3.8, 4) is 0 Å². The molecule has 2 heterocycles. The standard InChI is InChI=1S/C15H24ClN3.C2H6/c1-3-4-12(2)9-13-5-7-19(8-6-13)15-17-10-14(16)11-18-15;1-2/h10-13H,3-9H2,1-2H3;1-2H3/t12-;/m0./s1. The van der Waals surface area contributed by atoms with E-state index < -0.39 is 0 Å². The molecule has 1 fully saturated rings. The molecule has 0 saturated carbocycles. The van der Waals surface area contributed by atoms with Gasteiger partial charge in [-0.3, -0.25) is 0 Å². The van der Waals surface area contributed by atoms with Gasteiger partial charge in [-0.15, -0.1) is 0 Å². The second-order valence-electron chi connectivity index (χ2n) is 5.76. The van der Waals surface area contributed by atoms with E-state index >= 15 is 0 Å². The fraction of sp³-hybridized carbons (Fsp3) is 0.765. The largest absolute Gasteiger partial charge is 0.341 e. The highest BCUT2D eigenvalue weighted by atomic mass is 35.5. The van der Waals surface area contributed by atoms with E-state index in [4.69, 9.17) is 11.6 Å². The molecule has 2 rings (SSSR count). The number of aromatic nitrogens is 2. The van der Waals surface area contributed by atoms with Gasteiger partial charge in [0.05, 0.1) is 17.4 Å². The zero-order valence-corrected chi connectivity index (χ0v) is 14.7. The Kier molecular flexibility index (Phi) is 8.67. The third-order valence-electron chi connectivity index (χ3n) is 4.02. The highest BCUT2D eigenvalue weighted by Crippen LogP contribution is 2.27. The van der Waals surface area contributed by atoms with Crippen molar-refractivity contribution in [2.24, 2.45) is 11.8 Å². The molecule has 0 bridgehead atoms. The van der Waals surface area contributed by atoms with Crippen LogP contribution in [0.15, 0.2) is 12.4 Å². The fourth-order valence-electron chi connectivity index (χ4n) is 3.02. The molecule has 1 aliphatic heterocycles. The van der Waals surface area contributed by atoms with Gasteiger partial charge in [0.15, 0.2) is 0 Å². The van der Waals surface area contributed by atoms with Crippen LogP contribution in [0.3, 0.4) is 0 Å². The Labute approximate surface area is 135 Å². The molecule has 1 aromatic heterocycles. The van der Waals surface area contributed by atoms with Crippen LogP contribution in [0.4, 0.5) is 5.95 Å². The van der Waals surface area contributed by atoms with Crippen LogP contribution >= 0.6 is 11.6 Å². The van der Waals surface area contributed by atoms with Gasteiger partial charge in [0.1, 0.15) is 0 Å². The summed E-state index contributed by atoms with van der Waals surface area (Å²) in [6.45, 7) is 10.8. The van der Waals surface area contributed by atoms with Crippen LogP contribution in [0.25, 0.3) is 0 Å². The van der Waals surface area contributed by atoms with Crippen LogP contribution in [0.5, 0.6) is 0 Å². The first-order valence-electron chi connectivity index (χ1n) is 8.41. The Bertz CT molecular complexity index is 372. The van der Waals surface area contributed by atoms with Crippen LogP contribution in [0, 0.1) is 11.8 Å². The summed E-state index contributed by atoms with van der Waals surface area (Å²) in [5, 5.41) is 0.604. The van der Waals surface area contributed by atoms with Gasteiger partial charge >= 0.3 is 0 Å². The molecule has 3 nitrogen and oxygen atoms in total. The number of nitrogens with zero attached hydrogens (tertiary/aromatic N) is 3. The van der Waals surface area contributed by atoms with Crippen LogP contribution < -0.4 is 4.90 Å². The monoisotopic (exact) mass is 311 g/mol. The first kappa shape index (κ1) is 18.2. The SMILES string of the molecule is CC.CCC[C@H](C)CC1CCN(c2ncc(Cl)cn2)CC1. The number of hydrogen-bond acceptors (Lipinski definition) is 3. The lowest BCUT2D eigenvalue weighted by Crippen LogP contribution is -2.35. The summed E-state index contributed by atoms with van der Waals surface area (Å²) in [4.78, 5) is 10.9. The molecule has 4 heteroatoms. The number of halogens is 1. The van der Waals surface area contributed by atoms with E-state index in [-0.39, 0.29) is 0 Å². The van der Waals surface area contributed by atoms with E-state index in [1.807, 2.05) is 13.8 Å². The van der Waals surface area contributed by atoms with Gasteiger partial charge in [0.2, 0.25) is 5.95 Å². The van der Waals surface area contributed by atoms with E-state index in [1.165, 1.54) is 32.1 Å². The second kappa shape index (κ2) is 9.99. The minimum absolute atomic E-state index is 0.604. The summed E-state index contributed by atoms with van der Waals surface area (Å²) in [6, 6.07) is 0. The van der Waals surface area contributed by atoms with E-state index in [0.29, 0.717) is 5.02 Å². The van der Waals surface area contributed by atoms with E-state index in [1.54, 1.807) is 12.4 Å². The van der Waals surface area contributed by atoms with Crippen molar-refractivity contribution in [2.45, 2.75) is 59.8 Å². The normalized spacial score (nSPS) is 17.1. The lowest BCUT2D eigenvalue weighted by atomic mass is 9.86. The molecule has 0 amide bonds. The van der Waals surface area contributed by atoms with Crippen LogP contribution in [-0.2, 0) is 0 Å². The maximum absolute atomic E-state index is 5.82. The fourth-order valence-corrected chi connectivity index (χ4v) is 3.11. The Morgan fingerprint density at radius 3 is 2.33 bits per heavy atom. The maximum atomic E-state index is 5.82. The van der Waals surface area contributed by atoms with Gasteiger partial charge in [-0.1, -0.05) is 52.1 Å². The summed E-state index contributed by atoms with van der Waals surface area (Å²) in [6.07, 6.45) is 9.93. The Morgan fingerprint density at radius 1 is 1.24 bits per heavy atom. The summed E-state index contributed by atoms with van der Waals surface area (Å²) in [5.41, 5.74) is 0. The first-order valence-corrected chi connectivity index (χ1v) is 8.79. The topological polar surface area (TPSA) is 29.0 Å². The molecular weight excluding hydrogens is 282 g/mol. The van der Waals surface area contributed by atoms with Crippen molar-refractivity contribution >= 4 is 17.5 Å². The predicted octanol–water partition coefficient (Wildman–Crippen LogP) is 5.20. The Morgan fingerprint density at radius 2 is 1.81 bits per heavy atom. The number of piperidine rings is 1. The average molecular weight is 312 g/mol. The van der Waals surface area contributed by atoms with Gasteiger partial charge in [-0.25, -0.2) is 9.97 Å². The molecule has 0 aliphatic carbocycles. The quantitative estimate of drug-likeness (QED) is 0.748. The first-order chi connectivity index (χ1) is 10.2. The summed E-state index contributed by atoms with van der Waals surface area (Å²) in [5.74, 6) is 2.57. The highest BCUT2D eigenvalue weighted by Gasteiger charge is 2.22. The maximum Gasteiger partial charge on any atom is 0.225 e. The summed E-state index contributed by atoms with van der Waals surface area (Å²) in [7, 11) is 0. The van der Waals surface area contributed by atoms with Gasteiger partial charge in [-0.05, 0) is 31.1 Å². The van der Waals surface area contributed by atoms with E-state index in [9.17, 15) is 0 Å². The molecule has 1 aliphatic rings. The van der Waals surface area contributed by atoms with Crippen LogP contribution in [-0.4, -0.2) is 23.1 Å². The van der Waals surface area contributed by atoms with Crippen molar-refractivity contribution in [3.63, 3.8) is 0 Å². The second-order valence-corrected chi connectivity index (χ2v) is 6.20. The third-order valence-corrected chi connectivity index (χ3v) is 4.22. The summed E-state index contributed by atoms with van der Waals surface area (Å²) >= 11 is 5.82. The van der Waals surface area contributed by atoms with Gasteiger partial charge in [0.25, 0.3) is 0 Å². The molecule has 0 aromatic carbocycles. The smallest absolute Gasteiger partial charge is 0.225 e. The number of anilines is 1. The van der Waals surface area contributed by atoms with E-state index in [2.05, 4.69) is 28.7 Å². The minimum Gasteiger partial charge on any atom is -0.341 e. The molecule has 1 atom stereocenters. The van der Waals surface area contributed by atoms with Gasteiger partial charge < -0.3 is 4.90 Å².